The average molecular weight is 273 g/mol. The molecule has 1 atom stereocenters. The van der Waals surface area contributed by atoms with Gasteiger partial charge in [-0.1, -0.05) is 6.92 Å². The van der Waals surface area contributed by atoms with Gasteiger partial charge in [0.25, 0.3) is 0 Å². The summed E-state index contributed by atoms with van der Waals surface area (Å²) in [5.74, 6) is 0.378. The van der Waals surface area contributed by atoms with Crippen molar-refractivity contribution in [2.24, 2.45) is 5.92 Å². The fourth-order valence-electron chi connectivity index (χ4n) is 2.51. The van der Waals surface area contributed by atoms with Crippen LogP contribution in [0.4, 0.5) is 0 Å². The molecule has 5 heteroatoms. The summed E-state index contributed by atoms with van der Waals surface area (Å²) in [6.07, 6.45) is 6.06. The number of hydrogen-bond acceptors (Lipinski definition) is 3. The van der Waals surface area contributed by atoms with Crippen LogP contribution in [0.1, 0.15) is 25.1 Å². The monoisotopic (exact) mass is 273 g/mol. The van der Waals surface area contributed by atoms with Crippen molar-refractivity contribution in [3.05, 3.63) is 41.4 Å². The molecule has 0 spiro atoms. The van der Waals surface area contributed by atoms with Crippen LogP contribution in [0.5, 0.6) is 0 Å². The third-order valence-corrected chi connectivity index (χ3v) is 4.46. The van der Waals surface area contributed by atoms with Crippen molar-refractivity contribution >= 4 is 22.8 Å². The van der Waals surface area contributed by atoms with Gasteiger partial charge in [-0.05, 0) is 30.5 Å². The third kappa shape index (κ3) is 2.21. The lowest BCUT2D eigenvalue weighted by Crippen LogP contribution is -2.30. The Hall–Kier alpha value is -1.88. The maximum Gasteiger partial charge on any atom is 0.224 e. The van der Waals surface area contributed by atoms with Gasteiger partial charge < -0.3 is 5.32 Å². The van der Waals surface area contributed by atoms with Gasteiger partial charge in [0.15, 0.2) is 0 Å². The number of aromatic nitrogens is 2. The van der Waals surface area contributed by atoms with Gasteiger partial charge in [-0.3, -0.25) is 9.36 Å². The molecule has 0 fully saturated rings. The van der Waals surface area contributed by atoms with Crippen LogP contribution in [0, 0.1) is 5.92 Å². The van der Waals surface area contributed by atoms with Crippen LogP contribution in [0.25, 0.3) is 10.6 Å². The number of amides is 1. The highest BCUT2D eigenvalue weighted by atomic mass is 32.1. The molecule has 0 aromatic carbocycles. The van der Waals surface area contributed by atoms with Crippen molar-refractivity contribution in [3.63, 3.8) is 0 Å². The van der Waals surface area contributed by atoms with E-state index in [-0.39, 0.29) is 11.8 Å². The van der Waals surface area contributed by atoms with Gasteiger partial charge in [0.2, 0.25) is 5.91 Å². The minimum Gasteiger partial charge on any atom is -0.330 e. The first-order valence-electron chi connectivity index (χ1n) is 6.24. The number of carbonyl (C=O) groups excluding carboxylic acids is 1. The highest BCUT2D eigenvalue weighted by molar-refractivity contribution is 7.15. The Morgan fingerprint density at radius 1 is 1.47 bits per heavy atom. The zero-order valence-corrected chi connectivity index (χ0v) is 11.7. The van der Waals surface area contributed by atoms with Crippen molar-refractivity contribution in [3.8, 4) is 5.00 Å². The Balaban J connectivity index is 1.99. The Morgan fingerprint density at radius 2 is 2.32 bits per heavy atom. The molecule has 0 saturated heterocycles. The number of thiophene rings is 1. The predicted octanol–water partition coefficient (Wildman–Crippen LogP) is 2.82. The molecule has 0 aliphatic carbocycles. The second kappa shape index (κ2) is 4.66. The van der Waals surface area contributed by atoms with Gasteiger partial charge in [-0.25, -0.2) is 4.98 Å². The summed E-state index contributed by atoms with van der Waals surface area (Å²) in [6.45, 7) is 4.08. The van der Waals surface area contributed by atoms with E-state index in [9.17, 15) is 4.79 Å². The van der Waals surface area contributed by atoms with Gasteiger partial charge in [0, 0.05) is 29.4 Å². The highest BCUT2D eigenvalue weighted by Gasteiger charge is 2.24. The molecule has 0 radical (unpaired) electrons. The van der Waals surface area contributed by atoms with E-state index in [1.807, 2.05) is 17.7 Å². The minimum atomic E-state index is 0.111. The first kappa shape index (κ1) is 12.2. The zero-order valence-electron chi connectivity index (χ0n) is 10.9. The molecule has 1 N–H and O–H groups in total. The number of hydrogen-bond donors (Lipinski definition) is 1. The SMILES string of the molecule is CC1=C(c2ccc(-n3ccnc3)s2)C(C)CC(=O)N1. The number of carbonyl (C=O) groups is 1. The smallest absolute Gasteiger partial charge is 0.224 e. The van der Waals surface area contributed by atoms with Crippen molar-refractivity contribution in [2.75, 3.05) is 0 Å². The predicted molar refractivity (Wildman–Crippen MR) is 76.0 cm³/mol. The minimum absolute atomic E-state index is 0.111. The van der Waals surface area contributed by atoms with Gasteiger partial charge >= 0.3 is 0 Å². The maximum atomic E-state index is 11.5. The van der Waals surface area contributed by atoms with Crippen LogP contribution >= 0.6 is 11.3 Å². The Labute approximate surface area is 115 Å². The fourth-order valence-corrected chi connectivity index (χ4v) is 3.68. The molecule has 2 aromatic rings. The third-order valence-electron chi connectivity index (χ3n) is 3.33. The van der Waals surface area contributed by atoms with E-state index < -0.39 is 0 Å². The molecule has 0 saturated carbocycles. The molecule has 1 unspecified atom stereocenters. The van der Waals surface area contributed by atoms with Crippen LogP contribution < -0.4 is 5.32 Å². The highest BCUT2D eigenvalue weighted by Crippen LogP contribution is 2.36. The zero-order chi connectivity index (χ0) is 13.4. The summed E-state index contributed by atoms with van der Waals surface area (Å²) in [7, 11) is 0. The van der Waals surface area contributed by atoms with Gasteiger partial charge in [-0.2, -0.15) is 0 Å². The first-order valence-corrected chi connectivity index (χ1v) is 7.06. The molecule has 1 aliphatic rings. The van der Waals surface area contributed by atoms with E-state index in [0.29, 0.717) is 6.42 Å². The lowest BCUT2D eigenvalue weighted by Gasteiger charge is -2.23. The van der Waals surface area contributed by atoms with E-state index >= 15 is 0 Å². The number of allylic oxidation sites excluding steroid dienone is 2. The molecular formula is C14H15N3OS. The van der Waals surface area contributed by atoms with Gasteiger partial charge in [-0.15, -0.1) is 11.3 Å². The van der Waals surface area contributed by atoms with Crippen LogP contribution in [0.2, 0.25) is 0 Å². The second-order valence-electron chi connectivity index (χ2n) is 4.80. The average Bonchev–Trinajstić information content (AvgIpc) is 2.97. The topological polar surface area (TPSA) is 46.9 Å². The van der Waals surface area contributed by atoms with Crippen LogP contribution in [-0.2, 0) is 4.79 Å². The molecule has 2 aromatic heterocycles. The largest absolute Gasteiger partial charge is 0.330 e. The molecule has 1 amide bonds. The van der Waals surface area contributed by atoms with Crippen LogP contribution in [0.15, 0.2) is 36.6 Å². The molecular weight excluding hydrogens is 258 g/mol. The normalized spacial score (nSPS) is 19.7. The van der Waals surface area contributed by atoms with Crippen LogP contribution in [0.3, 0.4) is 0 Å². The summed E-state index contributed by atoms with van der Waals surface area (Å²) in [5.41, 5.74) is 2.22. The summed E-state index contributed by atoms with van der Waals surface area (Å²) in [5, 5.41) is 4.07. The molecule has 1 aliphatic heterocycles. The number of nitrogens with zero attached hydrogens (tertiary/aromatic N) is 2. The number of rotatable bonds is 2. The maximum absolute atomic E-state index is 11.5. The summed E-state index contributed by atoms with van der Waals surface area (Å²) in [4.78, 5) is 16.8. The summed E-state index contributed by atoms with van der Waals surface area (Å²) in [6, 6.07) is 4.21. The van der Waals surface area contributed by atoms with Gasteiger partial charge in [0.1, 0.15) is 5.00 Å². The van der Waals surface area contributed by atoms with E-state index in [0.717, 1.165) is 10.7 Å². The molecule has 3 heterocycles. The molecule has 0 bridgehead atoms. The lowest BCUT2D eigenvalue weighted by molar-refractivity contribution is -0.121. The lowest BCUT2D eigenvalue weighted by atomic mass is 9.91. The summed E-state index contributed by atoms with van der Waals surface area (Å²) < 4.78 is 2.00. The van der Waals surface area contributed by atoms with Crippen molar-refractivity contribution in [2.45, 2.75) is 20.3 Å². The van der Waals surface area contributed by atoms with Crippen molar-refractivity contribution in [1.29, 1.82) is 0 Å². The molecule has 98 valence electrons. The van der Waals surface area contributed by atoms with E-state index in [1.54, 1.807) is 23.9 Å². The molecule has 19 heavy (non-hydrogen) atoms. The van der Waals surface area contributed by atoms with Gasteiger partial charge in [0.05, 0.1) is 6.33 Å². The van der Waals surface area contributed by atoms with Crippen molar-refractivity contribution in [1.82, 2.24) is 14.9 Å². The summed E-state index contributed by atoms with van der Waals surface area (Å²) >= 11 is 1.72. The van der Waals surface area contributed by atoms with E-state index in [4.69, 9.17) is 0 Å². The molecule has 3 rings (SSSR count). The number of nitrogens with one attached hydrogen (secondary N) is 1. The Bertz CT molecular complexity index is 639. The Morgan fingerprint density at radius 3 is 3.00 bits per heavy atom. The second-order valence-corrected chi connectivity index (χ2v) is 5.86. The van der Waals surface area contributed by atoms with Crippen LogP contribution in [-0.4, -0.2) is 15.5 Å². The quantitative estimate of drug-likeness (QED) is 0.914. The van der Waals surface area contributed by atoms with E-state index in [1.165, 1.54) is 10.5 Å². The van der Waals surface area contributed by atoms with E-state index in [2.05, 4.69) is 29.4 Å². The Kier molecular flexibility index (Phi) is 2.98. The molecule has 4 nitrogen and oxygen atoms in total. The number of imidazole rings is 1. The standard InChI is InChI=1S/C14H15N3OS/c1-9-7-12(18)16-10(2)14(9)11-3-4-13(19-11)17-6-5-15-8-17/h3-6,8-9H,7H2,1-2H3,(H,16,18). The fraction of sp³-hybridized carbons (Fsp3) is 0.286. The van der Waals surface area contributed by atoms with Crippen molar-refractivity contribution < 1.29 is 4.79 Å². The first-order chi connectivity index (χ1) is 9.15.